The van der Waals surface area contributed by atoms with Gasteiger partial charge < -0.3 is 10.1 Å². The lowest BCUT2D eigenvalue weighted by atomic mass is 10.0. The molecule has 0 bridgehead atoms. The number of amides is 1. The highest BCUT2D eigenvalue weighted by molar-refractivity contribution is 7.88. The van der Waals surface area contributed by atoms with Gasteiger partial charge in [-0.1, -0.05) is 18.0 Å². The Labute approximate surface area is 141 Å². The second-order valence-electron chi connectivity index (χ2n) is 5.68. The van der Waals surface area contributed by atoms with Gasteiger partial charge in [0, 0.05) is 17.6 Å². The number of anilines is 1. The van der Waals surface area contributed by atoms with Crippen molar-refractivity contribution in [2.45, 2.75) is 32.2 Å². The van der Waals surface area contributed by atoms with E-state index in [1.807, 2.05) is 6.92 Å². The molecule has 23 heavy (non-hydrogen) atoms. The van der Waals surface area contributed by atoms with Crippen molar-refractivity contribution < 1.29 is 17.9 Å². The van der Waals surface area contributed by atoms with Gasteiger partial charge in [-0.25, -0.2) is 8.42 Å². The quantitative estimate of drug-likeness (QED) is 0.894. The molecule has 0 radical (unpaired) electrons. The summed E-state index contributed by atoms with van der Waals surface area (Å²) in [6, 6.07) is 2.65. The molecule has 1 N–H and O–H groups in total. The predicted molar refractivity (Wildman–Crippen MR) is 90.6 cm³/mol. The molecule has 8 heteroatoms. The molecule has 1 amide bonds. The number of ether oxygens (including phenoxy) is 1. The Hall–Kier alpha value is -1.31. The zero-order valence-corrected chi connectivity index (χ0v) is 15.0. The molecule has 0 aromatic heterocycles. The van der Waals surface area contributed by atoms with Crippen LogP contribution in [0.15, 0.2) is 12.1 Å². The summed E-state index contributed by atoms with van der Waals surface area (Å²) < 4.78 is 30.3. The number of rotatable bonds is 4. The number of halogens is 1. The van der Waals surface area contributed by atoms with Crippen molar-refractivity contribution in [3.63, 3.8) is 0 Å². The van der Waals surface area contributed by atoms with E-state index < -0.39 is 16.1 Å². The standard InChI is InChI=1S/C15H21ClN2O4S/c1-10-8-12(14(22-2)9-11(10)16)17-15(19)13-6-4-5-7-18(13)23(3,20)21/h8-9,13H,4-7H2,1-3H3,(H,17,19)/t13-/m0/s1. The first kappa shape index (κ1) is 18.0. The highest BCUT2D eigenvalue weighted by Gasteiger charge is 2.34. The largest absolute Gasteiger partial charge is 0.495 e. The lowest BCUT2D eigenvalue weighted by Crippen LogP contribution is -2.49. The number of sulfonamides is 1. The fourth-order valence-electron chi connectivity index (χ4n) is 2.71. The number of methoxy groups -OCH3 is 1. The fraction of sp³-hybridized carbons (Fsp3) is 0.533. The summed E-state index contributed by atoms with van der Waals surface area (Å²) in [6.45, 7) is 2.19. The maximum atomic E-state index is 12.6. The molecule has 6 nitrogen and oxygen atoms in total. The zero-order valence-electron chi connectivity index (χ0n) is 13.4. The molecular formula is C15H21ClN2O4S. The van der Waals surface area contributed by atoms with Crippen LogP contribution in [0.2, 0.25) is 5.02 Å². The number of nitrogens with one attached hydrogen (secondary N) is 1. The molecule has 128 valence electrons. The lowest BCUT2D eigenvalue weighted by Gasteiger charge is -2.32. The molecule has 0 saturated carbocycles. The minimum absolute atomic E-state index is 0.352. The molecule has 1 fully saturated rings. The van der Waals surface area contributed by atoms with E-state index in [0.717, 1.165) is 24.7 Å². The average Bonchev–Trinajstić information content (AvgIpc) is 2.49. The van der Waals surface area contributed by atoms with Crippen LogP contribution in [-0.2, 0) is 14.8 Å². The average molecular weight is 361 g/mol. The minimum Gasteiger partial charge on any atom is -0.495 e. The van der Waals surface area contributed by atoms with Gasteiger partial charge in [-0.3, -0.25) is 4.79 Å². The van der Waals surface area contributed by atoms with Gasteiger partial charge in [0.25, 0.3) is 0 Å². The van der Waals surface area contributed by atoms with Gasteiger partial charge in [0.2, 0.25) is 15.9 Å². The molecule has 1 saturated heterocycles. The zero-order chi connectivity index (χ0) is 17.2. The van der Waals surface area contributed by atoms with Crippen LogP contribution in [0.3, 0.4) is 0 Å². The number of hydrogen-bond acceptors (Lipinski definition) is 4. The van der Waals surface area contributed by atoms with Crippen molar-refractivity contribution in [3.05, 3.63) is 22.7 Å². The molecular weight excluding hydrogens is 340 g/mol. The Bertz CT molecular complexity index is 706. The Kier molecular flexibility index (Phi) is 5.54. The molecule has 1 aromatic rings. The highest BCUT2D eigenvalue weighted by atomic mass is 35.5. The van der Waals surface area contributed by atoms with Crippen molar-refractivity contribution in [1.29, 1.82) is 0 Å². The number of nitrogens with zero attached hydrogens (tertiary/aromatic N) is 1. The maximum Gasteiger partial charge on any atom is 0.242 e. The normalized spacial score (nSPS) is 19.4. The number of hydrogen-bond donors (Lipinski definition) is 1. The smallest absolute Gasteiger partial charge is 0.242 e. The van der Waals surface area contributed by atoms with Gasteiger partial charge >= 0.3 is 0 Å². The third kappa shape index (κ3) is 4.16. The number of benzene rings is 1. The monoisotopic (exact) mass is 360 g/mol. The van der Waals surface area contributed by atoms with Gasteiger partial charge in [0.15, 0.2) is 0 Å². The molecule has 1 aliphatic heterocycles. The van der Waals surface area contributed by atoms with Crippen LogP contribution in [0.5, 0.6) is 5.75 Å². The summed E-state index contributed by atoms with van der Waals surface area (Å²) in [7, 11) is -1.94. The Morgan fingerprint density at radius 2 is 2.09 bits per heavy atom. The second-order valence-corrected chi connectivity index (χ2v) is 8.02. The first-order valence-corrected chi connectivity index (χ1v) is 9.58. The van der Waals surface area contributed by atoms with Gasteiger partial charge in [-0.2, -0.15) is 4.31 Å². The molecule has 1 aliphatic rings. The lowest BCUT2D eigenvalue weighted by molar-refractivity contribution is -0.120. The van der Waals surface area contributed by atoms with E-state index in [1.165, 1.54) is 11.4 Å². The second kappa shape index (κ2) is 7.07. The van der Waals surface area contributed by atoms with Crippen LogP contribution in [0.25, 0.3) is 0 Å². The maximum absolute atomic E-state index is 12.6. The SMILES string of the molecule is COc1cc(Cl)c(C)cc1NC(=O)[C@@H]1CCCCN1S(C)(=O)=O. The van der Waals surface area contributed by atoms with Crippen LogP contribution in [0.4, 0.5) is 5.69 Å². The van der Waals surface area contributed by atoms with E-state index in [9.17, 15) is 13.2 Å². The van der Waals surface area contributed by atoms with Crippen molar-refractivity contribution in [2.24, 2.45) is 0 Å². The molecule has 1 atom stereocenters. The van der Waals surface area contributed by atoms with Crippen LogP contribution < -0.4 is 10.1 Å². The fourth-order valence-corrected chi connectivity index (χ4v) is 3.99. The van der Waals surface area contributed by atoms with Crippen molar-refractivity contribution in [3.8, 4) is 5.75 Å². The first-order valence-electron chi connectivity index (χ1n) is 7.36. The highest BCUT2D eigenvalue weighted by Crippen LogP contribution is 2.31. The Morgan fingerprint density at radius 1 is 1.39 bits per heavy atom. The minimum atomic E-state index is -3.42. The van der Waals surface area contributed by atoms with E-state index in [2.05, 4.69) is 5.32 Å². The molecule has 0 spiro atoms. The molecule has 2 rings (SSSR count). The summed E-state index contributed by atoms with van der Waals surface area (Å²) in [5.74, 6) is 0.0887. The van der Waals surface area contributed by atoms with Crippen LogP contribution >= 0.6 is 11.6 Å². The summed E-state index contributed by atoms with van der Waals surface area (Å²) in [4.78, 5) is 12.6. The van der Waals surface area contributed by atoms with Crippen LogP contribution in [0, 0.1) is 6.92 Å². The predicted octanol–water partition coefficient (Wildman–Crippen LogP) is 2.41. The molecule has 0 unspecified atom stereocenters. The van der Waals surface area contributed by atoms with E-state index in [-0.39, 0.29) is 5.91 Å². The third-order valence-corrected chi connectivity index (χ3v) is 5.62. The van der Waals surface area contributed by atoms with E-state index in [0.29, 0.717) is 29.4 Å². The summed E-state index contributed by atoms with van der Waals surface area (Å²) in [5, 5.41) is 3.31. The summed E-state index contributed by atoms with van der Waals surface area (Å²) >= 11 is 6.05. The Morgan fingerprint density at radius 3 is 2.70 bits per heavy atom. The van der Waals surface area contributed by atoms with Gasteiger partial charge in [0.05, 0.1) is 19.1 Å². The van der Waals surface area contributed by atoms with Crippen LogP contribution in [0.1, 0.15) is 24.8 Å². The number of aryl methyl sites for hydroxylation is 1. The van der Waals surface area contributed by atoms with Crippen LogP contribution in [-0.4, -0.2) is 44.6 Å². The van der Waals surface area contributed by atoms with Crippen molar-refractivity contribution in [2.75, 3.05) is 25.2 Å². The molecule has 1 heterocycles. The van der Waals surface area contributed by atoms with E-state index in [1.54, 1.807) is 12.1 Å². The van der Waals surface area contributed by atoms with E-state index >= 15 is 0 Å². The third-order valence-electron chi connectivity index (χ3n) is 3.92. The number of carbonyl (C=O) groups is 1. The van der Waals surface area contributed by atoms with Crippen molar-refractivity contribution in [1.82, 2.24) is 4.31 Å². The van der Waals surface area contributed by atoms with Gasteiger partial charge in [-0.05, 0) is 31.4 Å². The number of carbonyl (C=O) groups excluding carboxylic acids is 1. The van der Waals surface area contributed by atoms with E-state index in [4.69, 9.17) is 16.3 Å². The summed E-state index contributed by atoms with van der Waals surface area (Å²) in [6.07, 6.45) is 3.22. The first-order chi connectivity index (χ1) is 10.7. The topological polar surface area (TPSA) is 75.7 Å². The summed E-state index contributed by atoms with van der Waals surface area (Å²) in [5.41, 5.74) is 1.28. The number of piperidine rings is 1. The molecule has 1 aromatic carbocycles. The van der Waals surface area contributed by atoms with Crippen molar-refractivity contribution >= 4 is 33.2 Å². The molecule has 0 aliphatic carbocycles. The van der Waals surface area contributed by atoms with Gasteiger partial charge in [-0.15, -0.1) is 0 Å². The van der Waals surface area contributed by atoms with Gasteiger partial charge in [0.1, 0.15) is 11.8 Å². The Balaban J connectivity index is 2.26.